The first-order valence-electron chi connectivity index (χ1n) is 10.8. The van der Waals surface area contributed by atoms with Crippen molar-refractivity contribution < 1.29 is 18.8 Å². The van der Waals surface area contributed by atoms with Gasteiger partial charge < -0.3 is 19.5 Å². The molecule has 33 heavy (non-hydrogen) atoms. The summed E-state index contributed by atoms with van der Waals surface area (Å²) in [5, 5.41) is 3.39. The van der Waals surface area contributed by atoms with E-state index in [4.69, 9.17) is 16.0 Å². The number of piperazine rings is 1. The number of amides is 3. The molecule has 1 aromatic heterocycles. The molecule has 8 heteroatoms. The van der Waals surface area contributed by atoms with E-state index in [9.17, 15) is 14.4 Å². The second-order valence-electron chi connectivity index (χ2n) is 7.76. The maximum absolute atomic E-state index is 13.3. The number of carbonyl (C=O) groups excluding carboxylic acids is 3. The number of hydrogen-bond acceptors (Lipinski definition) is 4. The molecule has 4 rings (SSSR count). The minimum Gasteiger partial charge on any atom is -0.464 e. The molecule has 1 saturated heterocycles. The summed E-state index contributed by atoms with van der Waals surface area (Å²) in [6, 6.07) is 16.7. The fraction of sp³-hybridized carbons (Fsp3) is 0.240. The fourth-order valence-electron chi connectivity index (χ4n) is 3.88. The van der Waals surface area contributed by atoms with Crippen LogP contribution < -0.4 is 5.32 Å². The van der Waals surface area contributed by atoms with Crippen LogP contribution in [0.25, 0.3) is 11.3 Å². The van der Waals surface area contributed by atoms with E-state index in [-0.39, 0.29) is 37.2 Å². The lowest BCUT2D eigenvalue weighted by molar-refractivity contribution is -0.141. The highest BCUT2D eigenvalue weighted by Gasteiger charge is 2.36. The number of anilines is 1. The Balaban J connectivity index is 1.54. The van der Waals surface area contributed by atoms with E-state index in [1.54, 1.807) is 71.5 Å². The molecule has 2 heterocycles. The number of hydrogen-bond donors (Lipinski definition) is 1. The van der Waals surface area contributed by atoms with Crippen LogP contribution in [-0.2, 0) is 9.59 Å². The van der Waals surface area contributed by atoms with Gasteiger partial charge in [-0.3, -0.25) is 14.4 Å². The average molecular weight is 466 g/mol. The summed E-state index contributed by atoms with van der Waals surface area (Å²) in [5.41, 5.74) is 1.86. The third-order valence-electron chi connectivity index (χ3n) is 5.62. The number of nitrogens with one attached hydrogen (secondary N) is 1. The van der Waals surface area contributed by atoms with E-state index in [1.165, 1.54) is 0 Å². The van der Waals surface area contributed by atoms with Gasteiger partial charge in [-0.15, -0.1) is 0 Å². The van der Waals surface area contributed by atoms with E-state index in [0.717, 1.165) is 5.56 Å². The van der Waals surface area contributed by atoms with Gasteiger partial charge in [0.05, 0.1) is 12.8 Å². The Hall–Kier alpha value is -3.58. The summed E-state index contributed by atoms with van der Waals surface area (Å²) in [6.45, 7) is 2.50. The lowest BCUT2D eigenvalue weighted by Gasteiger charge is -2.40. The minimum absolute atomic E-state index is 0.106. The normalized spacial score (nSPS) is 15.9. The first-order chi connectivity index (χ1) is 16.0. The maximum Gasteiger partial charge on any atom is 0.254 e. The number of carbonyl (C=O) groups is 3. The lowest BCUT2D eigenvalue weighted by Crippen LogP contribution is -2.60. The van der Waals surface area contributed by atoms with Crippen molar-refractivity contribution in [3.8, 4) is 11.3 Å². The fourth-order valence-corrected chi connectivity index (χ4v) is 4.01. The molecular formula is C25H24ClN3O4. The van der Waals surface area contributed by atoms with Gasteiger partial charge in [-0.25, -0.2) is 0 Å². The van der Waals surface area contributed by atoms with Crippen LogP contribution in [-0.4, -0.2) is 53.2 Å². The summed E-state index contributed by atoms with van der Waals surface area (Å²) in [5.74, 6) is -0.00124. The molecule has 3 amide bonds. The smallest absolute Gasteiger partial charge is 0.254 e. The van der Waals surface area contributed by atoms with Gasteiger partial charge in [0, 0.05) is 41.3 Å². The molecule has 1 fully saturated rings. The predicted octanol–water partition coefficient (Wildman–Crippen LogP) is 4.30. The molecule has 0 saturated carbocycles. The van der Waals surface area contributed by atoms with Gasteiger partial charge in [-0.05, 0) is 48.5 Å². The molecule has 0 aliphatic carbocycles. The molecule has 3 aromatic rings. The molecule has 0 bridgehead atoms. The van der Waals surface area contributed by atoms with Gasteiger partial charge in [-0.1, -0.05) is 30.7 Å². The standard InChI is InChI=1S/C25H24ClN3O4/c1-2-23(30)29-13-12-28(16-21(29)24(31)27-20-10-8-19(26)9-11-20)25(32)18-6-3-5-17(15-18)22-7-4-14-33-22/h3-11,14-15,21H,2,12-13,16H2,1H3,(H,27,31). The molecule has 1 aliphatic rings. The predicted molar refractivity (Wildman–Crippen MR) is 126 cm³/mol. The highest BCUT2D eigenvalue weighted by atomic mass is 35.5. The van der Waals surface area contributed by atoms with Gasteiger partial charge in [-0.2, -0.15) is 0 Å². The van der Waals surface area contributed by atoms with E-state index in [0.29, 0.717) is 28.6 Å². The zero-order valence-corrected chi connectivity index (χ0v) is 18.9. The Morgan fingerprint density at radius 1 is 1.06 bits per heavy atom. The first-order valence-corrected chi connectivity index (χ1v) is 11.1. The zero-order valence-electron chi connectivity index (χ0n) is 18.2. The number of halogens is 1. The van der Waals surface area contributed by atoms with Crippen molar-refractivity contribution in [3.05, 3.63) is 77.5 Å². The third kappa shape index (κ3) is 5.09. The Morgan fingerprint density at radius 3 is 2.55 bits per heavy atom. The molecule has 0 radical (unpaired) electrons. The van der Waals surface area contributed by atoms with Crippen LogP contribution >= 0.6 is 11.6 Å². The number of rotatable bonds is 5. The van der Waals surface area contributed by atoms with E-state index in [1.807, 2.05) is 12.1 Å². The van der Waals surface area contributed by atoms with Gasteiger partial charge in [0.1, 0.15) is 11.8 Å². The molecule has 1 unspecified atom stereocenters. The largest absolute Gasteiger partial charge is 0.464 e. The first kappa shape index (κ1) is 22.6. The van der Waals surface area contributed by atoms with Crippen molar-refractivity contribution >= 4 is 35.0 Å². The second-order valence-corrected chi connectivity index (χ2v) is 8.20. The lowest BCUT2D eigenvalue weighted by atomic mass is 10.1. The summed E-state index contributed by atoms with van der Waals surface area (Å²) in [4.78, 5) is 42.1. The molecule has 1 aliphatic heterocycles. The highest BCUT2D eigenvalue weighted by Crippen LogP contribution is 2.23. The van der Waals surface area contributed by atoms with Crippen molar-refractivity contribution in [2.45, 2.75) is 19.4 Å². The molecule has 170 valence electrons. The van der Waals surface area contributed by atoms with Crippen LogP contribution in [0.2, 0.25) is 5.02 Å². The SMILES string of the molecule is CCC(=O)N1CCN(C(=O)c2cccc(-c3ccco3)c2)CC1C(=O)Nc1ccc(Cl)cc1. The second kappa shape index (κ2) is 9.92. The summed E-state index contributed by atoms with van der Waals surface area (Å²) in [7, 11) is 0. The van der Waals surface area contributed by atoms with E-state index >= 15 is 0 Å². The van der Waals surface area contributed by atoms with Crippen molar-refractivity contribution in [1.82, 2.24) is 9.80 Å². The Labute approximate surface area is 196 Å². The van der Waals surface area contributed by atoms with Crippen molar-refractivity contribution in [1.29, 1.82) is 0 Å². The summed E-state index contributed by atoms with van der Waals surface area (Å²) < 4.78 is 5.43. The Bertz CT molecular complexity index is 1140. The van der Waals surface area contributed by atoms with Gasteiger partial charge >= 0.3 is 0 Å². The van der Waals surface area contributed by atoms with Gasteiger partial charge in [0.25, 0.3) is 5.91 Å². The highest BCUT2D eigenvalue weighted by molar-refractivity contribution is 6.30. The number of nitrogens with zero attached hydrogens (tertiary/aromatic N) is 2. The van der Waals surface area contributed by atoms with Gasteiger partial charge in [0.15, 0.2) is 0 Å². The van der Waals surface area contributed by atoms with Crippen LogP contribution in [0.15, 0.2) is 71.3 Å². The average Bonchev–Trinajstić information content (AvgIpc) is 3.39. The Morgan fingerprint density at radius 2 is 1.85 bits per heavy atom. The third-order valence-corrected chi connectivity index (χ3v) is 5.87. The van der Waals surface area contributed by atoms with Crippen molar-refractivity contribution in [3.63, 3.8) is 0 Å². The number of furan rings is 1. The van der Waals surface area contributed by atoms with Crippen molar-refractivity contribution in [2.75, 3.05) is 25.0 Å². The minimum atomic E-state index is -0.793. The molecule has 1 N–H and O–H groups in total. The van der Waals surface area contributed by atoms with Crippen LogP contribution in [0.4, 0.5) is 5.69 Å². The van der Waals surface area contributed by atoms with Crippen LogP contribution in [0.5, 0.6) is 0 Å². The molecule has 2 aromatic carbocycles. The molecule has 1 atom stereocenters. The van der Waals surface area contributed by atoms with Gasteiger partial charge in [0.2, 0.25) is 11.8 Å². The van der Waals surface area contributed by atoms with E-state index in [2.05, 4.69) is 5.32 Å². The van der Waals surface area contributed by atoms with E-state index < -0.39 is 6.04 Å². The summed E-state index contributed by atoms with van der Waals surface area (Å²) in [6.07, 6.45) is 1.86. The monoisotopic (exact) mass is 465 g/mol. The zero-order chi connectivity index (χ0) is 23.4. The van der Waals surface area contributed by atoms with Crippen molar-refractivity contribution in [2.24, 2.45) is 0 Å². The Kier molecular flexibility index (Phi) is 6.79. The number of benzene rings is 2. The van der Waals surface area contributed by atoms with Crippen LogP contribution in [0.1, 0.15) is 23.7 Å². The maximum atomic E-state index is 13.3. The molecular weight excluding hydrogens is 442 g/mol. The summed E-state index contributed by atoms with van der Waals surface area (Å²) >= 11 is 5.92. The topological polar surface area (TPSA) is 82.9 Å². The quantitative estimate of drug-likeness (QED) is 0.609. The van der Waals surface area contributed by atoms with Crippen LogP contribution in [0.3, 0.4) is 0 Å². The molecule has 7 nitrogen and oxygen atoms in total. The van der Waals surface area contributed by atoms with Crippen LogP contribution in [0, 0.1) is 0 Å². The molecule has 0 spiro atoms.